The molecule has 1 aliphatic heterocycles. The number of carbonyl (C=O) groups is 1. The predicted octanol–water partition coefficient (Wildman–Crippen LogP) is -4.02. The van der Waals surface area contributed by atoms with Gasteiger partial charge in [0, 0.05) is 6.42 Å². The Balaban J connectivity index is 2.92. The van der Waals surface area contributed by atoms with E-state index in [9.17, 15) is 30.3 Å². The third kappa shape index (κ3) is 2.78. The molecule has 0 radical (unpaired) electrons. The topological polar surface area (TPSA) is 168 Å². The van der Waals surface area contributed by atoms with Gasteiger partial charge in [0.15, 0.2) is 0 Å². The molecule has 9 nitrogen and oxygen atoms in total. The summed E-state index contributed by atoms with van der Waals surface area (Å²) in [7, 11) is 0. The molecule has 1 rings (SSSR count). The lowest BCUT2D eigenvalue weighted by Gasteiger charge is -2.42. The number of aliphatic hydroxyl groups is 6. The molecule has 18 heavy (non-hydrogen) atoms. The van der Waals surface area contributed by atoms with Crippen molar-refractivity contribution < 1.29 is 45.3 Å². The van der Waals surface area contributed by atoms with Crippen molar-refractivity contribution in [3.8, 4) is 0 Å². The van der Waals surface area contributed by atoms with E-state index in [1.807, 2.05) is 0 Å². The average molecular weight is 268 g/mol. The van der Waals surface area contributed by atoms with Crippen LogP contribution in [0.2, 0.25) is 0 Å². The Hall–Kier alpha value is -0.810. The first kappa shape index (κ1) is 15.2. The fourth-order valence-electron chi connectivity index (χ4n) is 1.70. The Labute approximate surface area is 101 Å². The van der Waals surface area contributed by atoms with Crippen molar-refractivity contribution in [3.63, 3.8) is 0 Å². The van der Waals surface area contributed by atoms with E-state index in [0.29, 0.717) is 0 Å². The first-order valence-corrected chi connectivity index (χ1v) is 5.19. The zero-order valence-electron chi connectivity index (χ0n) is 9.25. The number of carboxylic acids is 1. The average Bonchev–Trinajstić information content (AvgIpc) is 2.31. The van der Waals surface area contributed by atoms with Crippen LogP contribution in [0.15, 0.2) is 0 Å². The third-order valence-corrected chi connectivity index (χ3v) is 2.80. The van der Waals surface area contributed by atoms with Crippen LogP contribution >= 0.6 is 0 Å². The zero-order chi connectivity index (χ0) is 14.1. The monoisotopic (exact) mass is 268 g/mol. The Morgan fingerprint density at radius 3 is 2.39 bits per heavy atom. The lowest BCUT2D eigenvalue weighted by atomic mass is 9.91. The largest absolute Gasteiger partial charge is 0.477 e. The second kappa shape index (κ2) is 5.45. The maximum absolute atomic E-state index is 10.8. The van der Waals surface area contributed by atoms with Gasteiger partial charge in [0.05, 0.1) is 12.7 Å². The fraction of sp³-hybridized carbons (Fsp3) is 0.889. The lowest BCUT2D eigenvalue weighted by molar-refractivity contribution is -0.312. The van der Waals surface area contributed by atoms with E-state index >= 15 is 0 Å². The van der Waals surface area contributed by atoms with Gasteiger partial charge in [0.2, 0.25) is 0 Å². The minimum absolute atomic E-state index is 0.790. The summed E-state index contributed by atoms with van der Waals surface area (Å²) in [6.07, 6.45) is -9.50. The first-order valence-electron chi connectivity index (χ1n) is 5.19. The van der Waals surface area contributed by atoms with E-state index in [4.69, 9.17) is 10.2 Å². The molecule has 0 aromatic rings. The Morgan fingerprint density at radius 2 is 1.94 bits per heavy atom. The van der Waals surface area contributed by atoms with E-state index in [1.165, 1.54) is 0 Å². The summed E-state index contributed by atoms with van der Waals surface area (Å²) >= 11 is 0. The molecule has 7 N–H and O–H groups in total. The van der Waals surface area contributed by atoms with Crippen LogP contribution in [-0.2, 0) is 9.53 Å². The van der Waals surface area contributed by atoms with E-state index in [2.05, 4.69) is 4.74 Å². The molecule has 0 saturated carbocycles. The van der Waals surface area contributed by atoms with Crippen LogP contribution in [-0.4, -0.2) is 84.6 Å². The van der Waals surface area contributed by atoms with Gasteiger partial charge in [-0.05, 0) is 0 Å². The first-order chi connectivity index (χ1) is 8.23. The van der Waals surface area contributed by atoms with E-state index in [-0.39, 0.29) is 0 Å². The molecule has 0 unspecified atom stereocenters. The summed E-state index contributed by atoms with van der Waals surface area (Å²) in [4.78, 5) is 10.8. The van der Waals surface area contributed by atoms with Crippen LogP contribution in [0.5, 0.6) is 0 Å². The molecule has 1 fully saturated rings. The summed E-state index contributed by atoms with van der Waals surface area (Å²) < 4.78 is 4.63. The molecule has 0 amide bonds. The van der Waals surface area contributed by atoms with Crippen LogP contribution in [0.1, 0.15) is 6.42 Å². The van der Waals surface area contributed by atoms with Crippen LogP contribution in [0, 0.1) is 0 Å². The second-order valence-corrected chi connectivity index (χ2v) is 4.17. The summed E-state index contributed by atoms with van der Waals surface area (Å²) in [6, 6.07) is 0. The smallest absolute Gasteiger partial charge is 0.364 e. The Bertz CT molecular complexity index is 308. The van der Waals surface area contributed by atoms with Crippen LogP contribution in [0.25, 0.3) is 0 Å². The van der Waals surface area contributed by atoms with Crippen molar-refractivity contribution in [3.05, 3.63) is 0 Å². The minimum Gasteiger partial charge on any atom is -0.477 e. The van der Waals surface area contributed by atoms with Gasteiger partial charge in [-0.1, -0.05) is 0 Å². The fourth-order valence-corrected chi connectivity index (χ4v) is 1.70. The van der Waals surface area contributed by atoms with Gasteiger partial charge in [-0.25, -0.2) is 4.79 Å². The van der Waals surface area contributed by atoms with Gasteiger partial charge in [0.1, 0.15) is 24.4 Å². The highest BCUT2D eigenvalue weighted by molar-refractivity contribution is 5.75. The number of ether oxygens (including phenoxy) is 1. The number of hydrogen-bond acceptors (Lipinski definition) is 8. The normalized spacial score (nSPS) is 40.2. The van der Waals surface area contributed by atoms with Crippen molar-refractivity contribution in [2.24, 2.45) is 0 Å². The van der Waals surface area contributed by atoms with Crippen LogP contribution in [0.3, 0.4) is 0 Å². The van der Waals surface area contributed by atoms with Gasteiger partial charge < -0.3 is 40.5 Å². The Kier molecular flexibility index (Phi) is 4.61. The number of aliphatic hydroxyl groups excluding tert-OH is 5. The van der Waals surface area contributed by atoms with Crippen molar-refractivity contribution in [2.45, 2.75) is 42.7 Å². The van der Waals surface area contributed by atoms with E-state index in [0.717, 1.165) is 0 Å². The minimum atomic E-state index is -2.78. The standard InChI is InChI=1S/C9H16O9/c10-2-4(12)6(14)7-5(13)3(11)1-9(17,18-7)8(15)16/h3-7,10-14,17H,1-2H2,(H,15,16)/t3-,4+,5+,6-,7+,9-/m0/s1. The van der Waals surface area contributed by atoms with Crippen molar-refractivity contribution in [2.75, 3.05) is 6.61 Å². The SMILES string of the molecule is O=C(O)[C@]1(O)C[C@H](O)[C@@H](O)[C@H]([C@@H](O)[C@H](O)CO)O1. The molecule has 1 aliphatic rings. The number of aliphatic carboxylic acids is 1. The number of carboxylic acid groups (broad SMARTS) is 1. The second-order valence-electron chi connectivity index (χ2n) is 4.17. The summed E-state index contributed by atoms with van der Waals surface area (Å²) in [6.45, 7) is -0.866. The molecule has 9 heteroatoms. The van der Waals surface area contributed by atoms with E-state index in [1.54, 1.807) is 0 Å². The highest BCUT2D eigenvalue weighted by Gasteiger charge is 2.53. The molecule has 0 bridgehead atoms. The van der Waals surface area contributed by atoms with Gasteiger partial charge in [-0.3, -0.25) is 0 Å². The highest BCUT2D eigenvalue weighted by Crippen LogP contribution is 2.30. The maximum atomic E-state index is 10.8. The molecule has 106 valence electrons. The van der Waals surface area contributed by atoms with Crippen LogP contribution < -0.4 is 0 Å². The van der Waals surface area contributed by atoms with Gasteiger partial charge in [0.25, 0.3) is 5.79 Å². The summed E-state index contributed by atoms with van der Waals surface area (Å²) in [5, 5.41) is 64.6. The van der Waals surface area contributed by atoms with Crippen molar-refractivity contribution in [1.82, 2.24) is 0 Å². The van der Waals surface area contributed by atoms with E-state index < -0.39 is 55.3 Å². The molecule has 0 aromatic heterocycles. The number of hydrogen-bond donors (Lipinski definition) is 7. The molecule has 1 saturated heterocycles. The predicted molar refractivity (Wildman–Crippen MR) is 53.2 cm³/mol. The quantitative estimate of drug-likeness (QED) is 0.268. The highest BCUT2D eigenvalue weighted by atomic mass is 16.7. The van der Waals surface area contributed by atoms with Gasteiger partial charge >= 0.3 is 5.97 Å². The van der Waals surface area contributed by atoms with Gasteiger partial charge in [-0.15, -0.1) is 0 Å². The third-order valence-electron chi connectivity index (χ3n) is 2.80. The van der Waals surface area contributed by atoms with Crippen LogP contribution in [0.4, 0.5) is 0 Å². The Morgan fingerprint density at radius 1 is 1.39 bits per heavy atom. The van der Waals surface area contributed by atoms with Gasteiger partial charge in [-0.2, -0.15) is 0 Å². The molecule has 0 aliphatic carbocycles. The molecule has 0 aromatic carbocycles. The molecular formula is C9H16O9. The molecule has 1 heterocycles. The summed E-state index contributed by atoms with van der Waals surface area (Å²) in [5.74, 6) is -4.58. The lowest BCUT2D eigenvalue weighted by Crippen LogP contribution is -2.63. The molecular weight excluding hydrogens is 252 g/mol. The summed E-state index contributed by atoms with van der Waals surface area (Å²) in [5.41, 5.74) is 0. The molecule has 6 atom stereocenters. The molecule has 0 spiro atoms. The number of rotatable bonds is 4. The van der Waals surface area contributed by atoms with Crippen molar-refractivity contribution >= 4 is 5.97 Å². The maximum Gasteiger partial charge on any atom is 0.364 e. The zero-order valence-corrected chi connectivity index (χ0v) is 9.25. The van der Waals surface area contributed by atoms with Crippen molar-refractivity contribution in [1.29, 1.82) is 0 Å².